The van der Waals surface area contributed by atoms with Crippen molar-refractivity contribution in [3.63, 3.8) is 0 Å². The first-order valence-electron chi connectivity index (χ1n) is 9.32. The van der Waals surface area contributed by atoms with E-state index in [2.05, 4.69) is 5.32 Å². The van der Waals surface area contributed by atoms with E-state index in [4.69, 9.17) is 15.2 Å². The van der Waals surface area contributed by atoms with Gasteiger partial charge in [0.2, 0.25) is 11.8 Å². The molecule has 3 N–H and O–H groups in total. The van der Waals surface area contributed by atoms with Crippen LogP contribution in [0.15, 0.2) is 18.2 Å². The molecule has 3 atom stereocenters. The number of rotatable bonds is 4. The SMILES string of the molecule is NC(=O)O[C@H]1CCC[C@@H]1Oc1ccc2c(c1)CN(C1CCC(=O)NC1=O)C2=O. The van der Waals surface area contributed by atoms with E-state index in [1.165, 1.54) is 4.90 Å². The smallest absolute Gasteiger partial charge is 0.404 e. The van der Waals surface area contributed by atoms with Gasteiger partial charge in [0.05, 0.1) is 0 Å². The van der Waals surface area contributed by atoms with Crippen LogP contribution < -0.4 is 15.8 Å². The number of nitrogens with one attached hydrogen (secondary N) is 1. The lowest BCUT2D eigenvalue weighted by molar-refractivity contribution is -0.136. The summed E-state index contributed by atoms with van der Waals surface area (Å²) in [5.74, 6) is -0.412. The predicted octanol–water partition coefficient (Wildman–Crippen LogP) is 0.843. The lowest BCUT2D eigenvalue weighted by Gasteiger charge is -2.29. The number of imide groups is 1. The molecular formula is C19H21N3O6. The predicted molar refractivity (Wildman–Crippen MR) is 95.2 cm³/mol. The Labute approximate surface area is 161 Å². The van der Waals surface area contributed by atoms with Crippen LogP contribution in [0.3, 0.4) is 0 Å². The number of primary amides is 1. The molecule has 0 aromatic heterocycles. The Morgan fingerprint density at radius 3 is 2.68 bits per heavy atom. The molecule has 1 aliphatic carbocycles. The average Bonchev–Trinajstić information content (AvgIpc) is 3.19. The van der Waals surface area contributed by atoms with Gasteiger partial charge in [-0.05, 0) is 49.4 Å². The van der Waals surface area contributed by atoms with Crippen molar-refractivity contribution < 1.29 is 28.7 Å². The second-order valence-corrected chi connectivity index (χ2v) is 7.28. The first-order valence-corrected chi connectivity index (χ1v) is 9.32. The maximum absolute atomic E-state index is 12.7. The Bertz CT molecular complexity index is 854. The number of nitrogens with zero attached hydrogens (tertiary/aromatic N) is 1. The Balaban J connectivity index is 1.47. The van der Waals surface area contributed by atoms with Crippen molar-refractivity contribution in [3.8, 4) is 5.75 Å². The van der Waals surface area contributed by atoms with Gasteiger partial charge in [-0.1, -0.05) is 0 Å². The van der Waals surface area contributed by atoms with Crippen molar-refractivity contribution in [2.75, 3.05) is 0 Å². The van der Waals surface area contributed by atoms with Gasteiger partial charge in [-0.2, -0.15) is 0 Å². The molecule has 1 aromatic carbocycles. The maximum Gasteiger partial charge on any atom is 0.404 e. The monoisotopic (exact) mass is 387 g/mol. The minimum Gasteiger partial charge on any atom is -0.487 e. The Hall–Kier alpha value is -3.10. The zero-order valence-corrected chi connectivity index (χ0v) is 15.2. The van der Waals surface area contributed by atoms with Gasteiger partial charge in [0.1, 0.15) is 24.0 Å². The largest absolute Gasteiger partial charge is 0.487 e. The summed E-state index contributed by atoms with van der Waals surface area (Å²) in [6.07, 6.45) is 1.36. The highest BCUT2D eigenvalue weighted by Crippen LogP contribution is 2.32. The van der Waals surface area contributed by atoms with Gasteiger partial charge in [0.15, 0.2) is 0 Å². The van der Waals surface area contributed by atoms with Gasteiger partial charge in [0.25, 0.3) is 5.91 Å². The van der Waals surface area contributed by atoms with E-state index in [-0.39, 0.29) is 37.0 Å². The van der Waals surface area contributed by atoms with Crippen molar-refractivity contribution in [1.82, 2.24) is 10.2 Å². The second-order valence-electron chi connectivity index (χ2n) is 7.28. The first kappa shape index (κ1) is 18.3. The summed E-state index contributed by atoms with van der Waals surface area (Å²) in [7, 11) is 0. The van der Waals surface area contributed by atoms with E-state index < -0.39 is 18.0 Å². The summed E-state index contributed by atoms with van der Waals surface area (Å²) >= 11 is 0. The summed E-state index contributed by atoms with van der Waals surface area (Å²) in [5, 5.41) is 2.29. The van der Waals surface area contributed by atoms with Gasteiger partial charge in [-0.3, -0.25) is 19.7 Å². The quantitative estimate of drug-likeness (QED) is 0.737. The van der Waals surface area contributed by atoms with Gasteiger partial charge in [0, 0.05) is 18.5 Å². The number of piperidine rings is 1. The van der Waals surface area contributed by atoms with Crippen LogP contribution in [0.4, 0.5) is 4.79 Å². The Morgan fingerprint density at radius 1 is 1.14 bits per heavy atom. The van der Waals surface area contributed by atoms with Crippen LogP contribution in [-0.4, -0.2) is 47.0 Å². The fraction of sp³-hybridized carbons (Fsp3) is 0.474. The number of nitrogens with two attached hydrogens (primary N) is 1. The van der Waals surface area contributed by atoms with Crippen molar-refractivity contribution in [3.05, 3.63) is 29.3 Å². The van der Waals surface area contributed by atoms with E-state index in [0.717, 1.165) is 18.4 Å². The van der Waals surface area contributed by atoms with E-state index in [1.807, 2.05) is 0 Å². The number of carbonyl (C=O) groups is 4. The number of benzene rings is 1. The van der Waals surface area contributed by atoms with Crippen LogP contribution in [-0.2, 0) is 20.9 Å². The second kappa shape index (κ2) is 7.14. The van der Waals surface area contributed by atoms with Crippen LogP contribution in [0, 0.1) is 0 Å². The molecule has 1 saturated carbocycles. The minimum atomic E-state index is -0.820. The normalized spacial score (nSPS) is 26.8. The molecule has 148 valence electrons. The summed E-state index contributed by atoms with van der Waals surface area (Å²) in [6, 6.07) is 4.51. The topological polar surface area (TPSA) is 128 Å². The van der Waals surface area contributed by atoms with Gasteiger partial charge >= 0.3 is 6.09 Å². The first-order chi connectivity index (χ1) is 13.4. The van der Waals surface area contributed by atoms with Crippen molar-refractivity contribution in [1.29, 1.82) is 0 Å². The standard InChI is InChI=1S/C19H21N3O6/c20-19(26)28-15-3-1-2-14(15)27-11-4-5-12-10(8-11)9-22(18(12)25)13-6-7-16(23)21-17(13)24/h4-5,8,13-15H,1-3,6-7,9H2,(H2,20,26)(H,21,23,24)/t13?,14-,15-/m0/s1. The van der Waals surface area contributed by atoms with Gasteiger partial charge < -0.3 is 20.1 Å². The highest BCUT2D eigenvalue weighted by molar-refractivity contribution is 6.05. The number of carbonyl (C=O) groups excluding carboxylic acids is 4. The summed E-state index contributed by atoms with van der Waals surface area (Å²) in [5.41, 5.74) is 6.39. The highest BCUT2D eigenvalue weighted by atomic mass is 16.6. The number of ether oxygens (including phenoxy) is 2. The van der Waals surface area contributed by atoms with Gasteiger partial charge in [-0.15, -0.1) is 0 Å². The fourth-order valence-corrected chi connectivity index (χ4v) is 4.11. The third-order valence-corrected chi connectivity index (χ3v) is 5.44. The molecule has 2 aliphatic heterocycles. The average molecular weight is 387 g/mol. The van der Waals surface area contributed by atoms with Crippen molar-refractivity contribution in [2.24, 2.45) is 5.73 Å². The molecule has 3 aliphatic rings. The number of hydrogen-bond acceptors (Lipinski definition) is 6. The van der Waals surface area contributed by atoms with Crippen LogP contribution >= 0.6 is 0 Å². The molecule has 0 bridgehead atoms. The molecule has 28 heavy (non-hydrogen) atoms. The molecule has 9 nitrogen and oxygen atoms in total. The molecule has 4 rings (SSSR count). The Morgan fingerprint density at radius 2 is 1.93 bits per heavy atom. The van der Waals surface area contributed by atoms with Crippen LogP contribution in [0.5, 0.6) is 5.75 Å². The molecule has 9 heteroatoms. The molecule has 1 unspecified atom stereocenters. The van der Waals surface area contributed by atoms with Crippen LogP contribution in [0.25, 0.3) is 0 Å². The summed E-state index contributed by atoms with van der Waals surface area (Å²) in [4.78, 5) is 48.7. The van der Waals surface area contributed by atoms with E-state index in [0.29, 0.717) is 24.2 Å². The Kier molecular flexibility index (Phi) is 4.66. The van der Waals surface area contributed by atoms with Crippen molar-refractivity contribution >= 4 is 23.8 Å². The molecule has 2 heterocycles. The number of amides is 4. The molecule has 2 fully saturated rings. The van der Waals surface area contributed by atoms with E-state index in [9.17, 15) is 19.2 Å². The molecule has 1 saturated heterocycles. The third kappa shape index (κ3) is 3.39. The fourth-order valence-electron chi connectivity index (χ4n) is 4.11. The van der Waals surface area contributed by atoms with E-state index in [1.54, 1.807) is 18.2 Å². The van der Waals surface area contributed by atoms with E-state index >= 15 is 0 Å². The number of hydrogen-bond donors (Lipinski definition) is 2. The van der Waals surface area contributed by atoms with Crippen LogP contribution in [0.1, 0.15) is 48.0 Å². The zero-order chi connectivity index (χ0) is 19.8. The summed E-state index contributed by atoms with van der Waals surface area (Å²) in [6.45, 7) is 0.281. The lowest BCUT2D eigenvalue weighted by Crippen LogP contribution is -2.52. The van der Waals surface area contributed by atoms with Crippen LogP contribution in [0.2, 0.25) is 0 Å². The molecule has 4 amide bonds. The molecule has 0 radical (unpaired) electrons. The van der Waals surface area contributed by atoms with Crippen molar-refractivity contribution in [2.45, 2.75) is 56.9 Å². The maximum atomic E-state index is 12.7. The van der Waals surface area contributed by atoms with Gasteiger partial charge in [-0.25, -0.2) is 4.79 Å². The molecule has 0 spiro atoms. The minimum absolute atomic E-state index is 0.216. The number of fused-ring (bicyclic) bond motifs is 1. The highest BCUT2D eigenvalue weighted by Gasteiger charge is 2.39. The lowest BCUT2D eigenvalue weighted by atomic mass is 10.0. The zero-order valence-electron chi connectivity index (χ0n) is 15.2. The third-order valence-electron chi connectivity index (χ3n) is 5.44. The molecular weight excluding hydrogens is 366 g/mol. The summed E-state index contributed by atoms with van der Waals surface area (Å²) < 4.78 is 11.1. The molecule has 1 aromatic rings.